The summed E-state index contributed by atoms with van der Waals surface area (Å²) in [5, 5.41) is 14.9. The Bertz CT molecular complexity index is 1100. The third kappa shape index (κ3) is 6.90. The molecule has 180 valence electrons. The van der Waals surface area contributed by atoms with Crippen LogP contribution < -0.4 is 5.32 Å². The van der Waals surface area contributed by atoms with Crippen molar-refractivity contribution in [3.05, 3.63) is 65.7 Å². The Morgan fingerprint density at radius 3 is 2.24 bits per heavy atom. The van der Waals surface area contributed by atoms with Crippen molar-refractivity contribution in [2.24, 2.45) is 5.92 Å². The molecule has 0 aliphatic heterocycles. The van der Waals surface area contributed by atoms with Gasteiger partial charge in [-0.2, -0.15) is 4.80 Å². The number of hydrogen-bond acceptors (Lipinski definition) is 5. The Labute approximate surface area is 197 Å². The van der Waals surface area contributed by atoms with Crippen LogP contribution >= 0.6 is 0 Å². The summed E-state index contributed by atoms with van der Waals surface area (Å²) in [5.41, 5.74) is 1.23. The van der Waals surface area contributed by atoms with Crippen LogP contribution in [0.2, 0.25) is 0 Å². The summed E-state index contributed by atoms with van der Waals surface area (Å²) in [4.78, 5) is 28.5. The second-order valence-corrected chi connectivity index (χ2v) is 8.45. The number of amides is 2. The monoisotopic (exact) mass is 470 g/mol. The fraction of sp³-hybridized carbons (Fsp3) is 0.375. The molecule has 3 aromatic rings. The number of rotatable bonds is 10. The number of nitrogens with zero attached hydrogens (tertiary/aromatic N) is 5. The largest absolute Gasteiger partial charge is 0.354 e. The minimum Gasteiger partial charge on any atom is -0.354 e. The summed E-state index contributed by atoms with van der Waals surface area (Å²) in [5.74, 6) is -0.781. The number of hydrogen-bond donors (Lipinski definition) is 1. The summed E-state index contributed by atoms with van der Waals surface area (Å²) >= 11 is 0. The van der Waals surface area contributed by atoms with E-state index < -0.39 is 11.9 Å². The maximum atomic E-state index is 13.3. The highest BCUT2D eigenvalue weighted by atomic mass is 19.1. The minimum atomic E-state index is -0.773. The smallest absolute Gasteiger partial charge is 0.247 e. The molecule has 0 saturated heterocycles. The second-order valence-electron chi connectivity index (χ2n) is 8.45. The Morgan fingerprint density at radius 1 is 1.00 bits per heavy atom. The van der Waals surface area contributed by atoms with Crippen molar-refractivity contribution in [3.63, 3.8) is 0 Å². The number of halogens is 2. The summed E-state index contributed by atoms with van der Waals surface area (Å²) in [7, 11) is 0. The van der Waals surface area contributed by atoms with Gasteiger partial charge in [-0.15, -0.1) is 10.2 Å². The van der Waals surface area contributed by atoms with Gasteiger partial charge in [-0.25, -0.2) is 8.78 Å². The first-order chi connectivity index (χ1) is 16.2. The van der Waals surface area contributed by atoms with E-state index in [0.29, 0.717) is 23.6 Å². The van der Waals surface area contributed by atoms with Crippen LogP contribution in [-0.2, 0) is 22.7 Å². The van der Waals surface area contributed by atoms with Gasteiger partial charge < -0.3 is 10.2 Å². The van der Waals surface area contributed by atoms with E-state index in [1.54, 1.807) is 19.1 Å². The molecule has 34 heavy (non-hydrogen) atoms. The molecular weight excluding hydrogens is 442 g/mol. The van der Waals surface area contributed by atoms with Crippen LogP contribution in [0.4, 0.5) is 8.78 Å². The molecule has 1 atom stereocenters. The van der Waals surface area contributed by atoms with E-state index >= 15 is 0 Å². The van der Waals surface area contributed by atoms with Gasteiger partial charge in [-0.05, 0) is 66.4 Å². The molecule has 1 heterocycles. The number of benzene rings is 2. The molecule has 10 heteroatoms. The molecule has 0 spiro atoms. The summed E-state index contributed by atoms with van der Waals surface area (Å²) in [6.07, 6.45) is 0.819. The number of carbonyl (C=O) groups is 2. The van der Waals surface area contributed by atoms with Crippen LogP contribution in [0.5, 0.6) is 0 Å². The lowest BCUT2D eigenvalue weighted by Crippen LogP contribution is -2.49. The van der Waals surface area contributed by atoms with Crippen LogP contribution in [0.15, 0.2) is 48.5 Å². The van der Waals surface area contributed by atoms with Crippen molar-refractivity contribution >= 4 is 11.8 Å². The third-order valence-corrected chi connectivity index (χ3v) is 5.29. The van der Waals surface area contributed by atoms with E-state index in [2.05, 4.69) is 34.6 Å². The molecule has 3 rings (SSSR count). The van der Waals surface area contributed by atoms with Gasteiger partial charge >= 0.3 is 0 Å². The average molecular weight is 471 g/mol. The van der Waals surface area contributed by atoms with E-state index in [-0.39, 0.29) is 36.5 Å². The summed E-state index contributed by atoms with van der Waals surface area (Å²) < 4.78 is 26.5. The first kappa shape index (κ1) is 24.9. The fourth-order valence-corrected chi connectivity index (χ4v) is 3.24. The normalized spacial score (nSPS) is 11.9. The second kappa shape index (κ2) is 11.4. The van der Waals surface area contributed by atoms with Gasteiger partial charge in [0, 0.05) is 18.7 Å². The fourth-order valence-electron chi connectivity index (χ4n) is 3.24. The van der Waals surface area contributed by atoms with Crippen LogP contribution in [0.25, 0.3) is 11.4 Å². The Kier molecular flexibility index (Phi) is 8.39. The first-order valence-corrected chi connectivity index (χ1v) is 11.1. The molecular formula is C24H28F2N6O2. The molecule has 1 N–H and O–H groups in total. The van der Waals surface area contributed by atoms with Gasteiger partial charge in [0.25, 0.3) is 0 Å². The van der Waals surface area contributed by atoms with Crippen molar-refractivity contribution in [3.8, 4) is 11.4 Å². The Balaban J connectivity index is 1.74. The van der Waals surface area contributed by atoms with E-state index in [9.17, 15) is 18.4 Å². The molecule has 0 unspecified atom stereocenters. The van der Waals surface area contributed by atoms with Crippen molar-refractivity contribution in [1.82, 2.24) is 30.4 Å². The molecule has 2 aromatic carbocycles. The van der Waals surface area contributed by atoms with Gasteiger partial charge in [0.2, 0.25) is 17.6 Å². The first-order valence-electron chi connectivity index (χ1n) is 11.1. The molecule has 2 amide bonds. The van der Waals surface area contributed by atoms with E-state index in [1.165, 1.54) is 41.3 Å². The van der Waals surface area contributed by atoms with Crippen LogP contribution in [0, 0.1) is 17.6 Å². The number of carbonyl (C=O) groups excluding carboxylic acids is 2. The highest BCUT2D eigenvalue weighted by Crippen LogP contribution is 2.15. The van der Waals surface area contributed by atoms with E-state index in [1.807, 2.05) is 0 Å². The van der Waals surface area contributed by atoms with Crippen LogP contribution in [-0.4, -0.2) is 49.5 Å². The maximum absolute atomic E-state index is 13.3. The predicted octanol–water partition coefficient (Wildman–Crippen LogP) is 3.20. The highest BCUT2D eigenvalue weighted by Gasteiger charge is 2.27. The Hall–Kier alpha value is -3.69. The lowest BCUT2D eigenvalue weighted by atomic mass is 10.1. The van der Waals surface area contributed by atoms with Crippen LogP contribution in [0.3, 0.4) is 0 Å². The zero-order valence-electron chi connectivity index (χ0n) is 19.4. The standard InChI is InChI=1S/C24H28F2N6O2/c1-16(2)12-13-27-24(34)17(3)31(14-18-4-8-20(25)9-5-18)22(33)15-32-29-23(28-30-32)19-6-10-21(26)11-7-19/h4-11,16-17H,12-15H2,1-3H3,(H,27,34)/t17-/m0/s1. The molecule has 8 nitrogen and oxygen atoms in total. The van der Waals surface area contributed by atoms with Gasteiger partial charge in [-0.1, -0.05) is 26.0 Å². The molecule has 0 bridgehead atoms. The SMILES string of the molecule is CC(C)CCNC(=O)[C@H](C)N(Cc1ccc(F)cc1)C(=O)Cn1nnc(-c2ccc(F)cc2)n1. The molecule has 1 aromatic heterocycles. The van der Waals surface area contributed by atoms with E-state index in [0.717, 1.165) is 11.2 Å². The molecule has 0 saturated carbocycles. The molecule has 0 radical (unpaired) electrons. The third-order valence-electron chi connectivity index (χ3n) is 5.29. The predicted molar refractivity (Wildman–Crippen MR) is 122 cm³/mol. The zero-order chi connectivity index (χ0) is 24.7. The highest BCUT2D eigenvalue weighted by molar-refractivity contribution is 5.87. The maximum Gasteiger partial charge on any atom is 0.247 e. The lowest BCUT2D eigenvalue weighted by molar-refractivity contribution is -0.141. The molecule has 0 fully saturated rings. The topological polar surface area (TPSA) is 93.0 Å². The minimum absolute atomic E-state index is 0.109. The van der Waals surface area contributed by atoms with Crippen LogP contribution in [0.1, 0.15) is 32.8 Å². The van der Waals surface area contributed by atoms with Crippen molar-refractivity contribution in [2.75, 3.05) is 6.54 Å². The average Bonchev–Trinajstić information content (AvgIpc) is 3.26. The number of aromatic nitrogens is 4. The van der Waals surface area contributed by atoms with E-state index in [4.69, 9.17) is 0 Å². The van der Waals surface area contributed by atoms with Gasteiger partial charge in [0.1, 0.15) is 24.2 Å². The van der Waals surface area contributed by atoms with Gasteiger partial charge in [0.15, 0.2) is 0 Å². The molecule has 0 aliphatic rings. The lowest BCUT2D eigenvalue weighted by Gasteiger charge is -2.28. The van der Waals surface area contributed by atoms with Gasteiger partial charge in [0.05, 0.1) is 0 Å². The van der Waals surface area contributed by atoms with Crippen molar-refractivity contribution < 1.29 is 18.4 Å². The number of tetrazole rings is 1. The summed E-state index contributed by atoms with van der Waals surface area (Å²) in [6.45, 7) is 6.13. The molecule has 0 aliphatic carbocycles. The van der Waals surface area contributed by atoms with Gasteiger partial charge in [-0.3, -0.25) is 9.59 Å². The summed E-state index contributed by atoms with van der Waals surface area (Å²) in [6, 6.07) is 10.6. The number of nitrogens with one attached hydrogen (secondary N) is 1. The quantitative estimate of drug-likeness (QED) is 0.491. The van der Waals surface area contributed by atoms with Crippen molar-refractivity contribution in [1.29, 1.82) is 0 Å². The van der Waals surface area contributed by atoms with Crippen molar-refractivity contribution in [2.45, 2.75) is 46.3 Å². The zero-order valence-corrected chi connectivity index (χ0v) is 19.4. The Morgan fingerprint density at radius 2 is 1.62 bits per heavy atom.